The van der Waals surface area contributed by atoms with Gasteiger partial charge in [0, 0.05) is 11.6 Å². The largest absolute Gasteiger partial charge is 0.497 e. The van der Waals surface area contributed by atoms with Gasteiger partial charge in [-0.3, -0.25) is 24.0 Å². The van der Waals surface area contributed by atoms with Crippen LogP contribution in [-0.2, 0) is 46.7 Å². The number of halogens is 1. The van der Waals surface area contributed by atoms with E-state index in [0.717, 1.165) is 35.6 Å². The van der Waals surface area contributed by atoms with E-state index in [1.807, 2.05) is 19.1 Å². The van der Waals surface area contributed by atoms with Gasteiger partial charge in [-0.1, -0.05) is 99.8 Å². The minimum absolute atomic E-state index is 0.0308. The molecule has 0 spiro atoms. The SMILES string of the molecule is CCCCCC(C(=O)NCNC(=O)c1ccc(-c2ccc(C(=O)NC(CC(=O)OCc3ccccc3)C(=O)OCc3ccccc3)c(OCC)c2)o1)C(CC)N(C=O)OC(=O)c1ccc(OC)cc1F. The third-order valence-corrected chi connectivity index (χ3v) is 10.9. The first-order valence-corrected chi connectivity index (χ1v) is 22.8. The molecular formula is C52H57FN4O13. The van der Waals surface area contributed by atoms with Crippen molar-refractivity contribution in [2.75, 3.05) is 20.4 Å². The number of esters is 2. The summed E-state index contributed by atoms with van der Waals surface area (Å²) in [7, 11) is 1.34. The monoisotopic (exact) mass is 964 g/mol. The number of carbonyl (C=O) groups is 7. The van der Waals surface area contributed by atoms with Gasteiger partial charge in [-0.25, -0.2) is 14.0 Å². The topological polar surface area (TPSA) is 218 Å². The zero-order valence-electron chi connectivity index (χ0n) is 39.4. The van der Waals surface area contributed by atoms with Crippen molar-refractivity contribution in [3.8, 4) is 22.8 Å². The first-order chi connectivity index (χ1) is 33.9. The Balaban J connectivity index is 1.23. The molecule has 0 saturated heterocycles. The maximum Gasteiger partial charge on any atom is 0.366 e. The Kier molecular flexibility index (Phi) is 20.5. The Morgan fingerprint density at radius 2 is 1.46 bits per heavy atom. The molecule has 0 saturated carbocycles. The van der Waals surface area contributed by atoms with Gasteiger partial charge in [0.2, 0.25) is 12.3 Å². The molecule has 4 amide bonds. The number of ether oxygens (including phenoxy) is 4. The van der Waals surface area contributed by atoms with Crippen molar-refractivity contribution in [3.63, 3.8) is 0 Å². The molecule has 3 atom stereocenters. The molecule has 370 valence electrons. The van der Waals surface area contributed by atoms with E-state index in [1.54, 1.807) is 68.4 Å². The summed E-state index contributed by atoms with van der Waals surface area (Å²) in [6.07, 6.45) is 2.47. The van der Waals surface area contributed by atoms with Crippen molar-refractivity contribution in [2.45, 2.75) is 84.6 Å². The number of nitrogens with zero attached hydrogens (tertiary/aromatic N) is 1. The average molecular weight is 965 g/mol. The van der Waals surface area contributed by atoms with Gasteiger partial charge in [0.25, 0.3) is 11.8 Å². The van der Waals surface area contributed by atoms with Crippen LogP contribution in [0.25, 0.3) is 11.3 Å². The standard InChI is InChI=1S/C52H57FN4O13/c1-5-8-11-20-39(43(6-2)57(33-58)70-51(63)38-24-22-37(65-4)28-41(38)53)48(60)54-32-55-50(62)45-26-25-44(69-45)36-21-23-40(46(27-36)66-7-3)49(61)56-42(52(64)68-31-35-18-14-10-15-19-35)29-47(59)67-30-34-16-12-9-13-17-34/h9-10,12-19,21-28,33,39,42-43H,5-8,11,20,29-32H2,1-4H3,(H,54,60)(H,55,62)(H,56,61). The smallest absolute Gasteiger partial charge is 0.366 e. The summed E-state index contributed by atoms with van der Waals surface area (Å²) < 4.78 is 42.2. The summed E-state index contributed by atoms with van der Waals surface area (Å²) in [6.45, 7) is 5.08. The highest BCUT2D eigenvalue weighted by Crippen LogP contribution is 2.30. The highest BCUT2D eigenvalue weighted by Gasteiger charge is 2.34. The maximum absolute atomic E-state index is 14.7. The van der Waals surface area contributed by atoms with Gasteiger partial charge < -0.3 is 44.2 Å². The van der Waals surface area contributed by atoms with E-state index in [9.17, 15) is 38.0 Å². The van der Waals surface area contributed by atoms with Crippen LogP contribution in [0.5, 0.6) is 11.5 Å². The molecule has 0 aliphatic rings. The van der Waals surface area contributed by atoms with E-state index in [2.05, 4.69) is 16.0 Å². The fourth-order valence-corrected chi connectivity index (χ4v) is 7.26. The fourth-order valence-electron chi connectivity index (χ4n) is 7.26. The van der Waals surface area contributed by atoms with Crippen molar-refractivity contribution in [1.29, 1.82) is 0 Å². The van der Waals surface area contributed by atoms with E-state index >= 15 is 0 Å². The Morgan fingerprint density at radius 1 is 0.771 bits per heavy atom. The third-order valence-electron chi connectivity index (χ3n) is 10.9. The van der Waals surface area contributed by atoms with Crippen LogP contribution in [0.15, 0.2) is 114 Å². The van der Waals surface area contributed by atoms with E-state index in [4.69, 9.17) is 28.2 Å². The molecule has 1 aromatic heterocycles. The van der Waals surface area contributed by atoms with E-state index in [-0.39, 0.29) is 67.9 Å². The number of unbranched alkanes of at least 4 members (excludes halogenated alkanes) is 2. The summed E-state index contributed by atoms with van der Waals surface area (Å²) in [4.78, 5) is 97.6. The molecule has 17 nitrogen and oxygen atoms in total. The average Bonchev–Trinajstić information content (AvgIpc) is 3.88. The number of hydroxylamine groups is 2. The second-order valence-corrected chi connectivity index (χ2v) is 15.8. The molecular weight excluding hydrogens is 908 g/mol. The van der Waals surface area contributed by atoms with Crippen LogP contribution in [0.3, 0.4) is 0 Å². The van der Waals surface area contributed by atoms with Gasteiger partial charge in [0.05, 0.1) is 49.9 Å². The number of rotatable bonds is 27. The molecule has 70 heavy (non-hydrogen) atoms. The summed E-state index contributed by atoms with van der Waals surface area (Å²) in [5.74, 6) is -6.09. The van der Waals surface area contributed by atoms with Crippen LogP contribution in [-0.4, -0.2) is 79.6 Å². The fraction of sp³-hybridized carbons (Fsp3) is 0.327. The molecule has 5 rings (SSSR count). The van der Waals surface area contributed by atoms with Crippen molar-refractivity contribution in [3.05, 3.63) is 143 Å². The van der Waals surface area contributed by atoms with Crippen molar-refractivity contribution >= 4 is 42.0 Å². The minimum atomic E-state index is -1.42. The second-order valence-electron chi connectivity index (χ2n) is 15.8. The molecule has 3 N–H and O–H groups in total. The van der Waals surface area contributed by atoms with Gasteiger partial charge in [0.1, 0.15) is 42.3 Å². The molecule has 18 heteroatoms. The predicted octanol–water partition coefficient (Wildman–Crippen LogP) is 7.48. The van der Waals surface area contributed by atoms with Gasteiger partial charge >= 0.3 is 17.9 Å². The lowest BCUT2D eigenvalue weighted by molar-refractivity contribution is -0.171. The summed E-state index contributed by atoms with van der Waals surface area (Å²) in [5.41, 5.74) is 1.46. The molecule has 1 heterocycles. The lowest BCUT2D eigenvalue weighted by atomic mass is 9.90. The van der Waals surface area contributed by atoms with Crippen LogP contribution >= 0.6 is 0 Å². The van der Waals surface area contributed by atoms with Gasteiger partial charge in [-0.15, -0.1) is 0 Å². The lowest BCUT2D eigenvalue weighted by Crippen LogP contribution is -2.49. The van der Waals surface area contributed by atoms with Crippen LogP contribution < -0.4 is 25.4 Å². The quantitative estimate of drug-likeness (QED) is 0.0153. The third kappa shape index (κ3) is 15.2. The summed E-state index contributed by atoms with van der Waals surface area (Å²) in [5, 5.41) is 8.57. The maximum atomic E-state index is 14.7. The number of benzene rings is 4. The van der Waals surface area contributed by atoms with E-state index < -0.39 is 71.4 Å². The number of furan rings is 1. The van der Waals surface area contributed by atoms with Gasteiger partial charge in [-0.05, 0) is 67.3 Å². The second kappa shape index (κ2) is 27.1. The Hall–Kier alpha value is -8.02. The normalized spacial score (nSPS) is 12.0. The first-order valence-electron chi connectivity index (χ1n) is 22.8. The Labute approximate surface area is 404 Å². The molecule has 0 aliphatic carbocycles. The number of carbonyl (C=O) groups excluding carboxylic acids is 7. The van der Waals surface area contributed by atoms with Crippen LogP contribution in [0, 0.1) is 11.7 Å². The molecule has 5 aromatic rings. The highest BCUT2D eigenvalue weighted by atomic mass is 19.1. The molecule has 0 aliphatic heterocycles. The number of hydrogen-bond donors (Lipinski definition) is 3. The first kappa shape index (κ1) is 52.9. The zero-order chi connectivity index (χ0) is 50.4. The molecule has 0 bridgehead atoms. The number of nitrogens with one attached hydrogen (secondary N) is 3. The highest BCUT2D eigenvalue weighted by molar-refractivity contribution is 6.00. The van der Waals surface area contributed by atoms with E-state index in [0.29, 0.717) is 24.0 Å². The molecule has 0 fully saturated rings. The molecule has 0 radical (unpaired) electrons. The van der Waals surface area contributed by atoms with Crippen molar-refractivity contribution < 1.29 is 66.2 Å². The van der Waals surface area contributed by atoms with Gasteiger partial charge in [0.15, 0.2) is 5.76 Å². The molecule has 4 aromatic carbocycles. The van der Waals surface area contributed by atoms with E-state index in [1.165, 1.54) is 37.4 Å². The van der Waals surface area contributed by atoms with Gasteiger partial charge in [-0.2, -0.15) is 5.06 Å². The Bertz CT molecular complexity index is 2550. The van der Waals surface area contributed by atoms with Crippen LogP contribution in [0.1, 0.15) is 102 Å². The number of hydrogen-bond acceptors (Lipinski definition) is 13. The predicted molar refractivity (Wildman–Crippen MR) is 252 cm³/mol. The lowest BCUT2D eigenvalue weighted by Gasteiger charge is -2.31. The number of amides is 4. The zero-order valence-corrected chi connectivity index (χ0v) is 39.4. The minimum Gasteiger partial charge on any atom is -0.497 e. The van der Waals surface area contributed by atoms with Crippen LogP contribution in [0.4, 0.5) is 4.39 Å². The van der Waals surface area contributed by atoms with Crippen molar-refractivity contribution in [2.24, 2.45) is 5.92 Å². The van der Waals surface area contributed by atoms with Crippen molar-refractivity contribution in [1.82, 2.24) is 21.0 Å². The van der Waals surface area contributed by atoms with Crippen LogP contribution in [0.2, 0.25) is 0 Å². The Morgan fingerprint density at radius 3 is 2.09 bits per heavy atom. The number of methoxy groups -OCH3 is 1. The molecule has 3 unspecified atom stereocenters. The summed E-state index contributed by atoms with van der Waals surface area (Å²) in [6, 6.07) is 26.5. The summed E-state index contributed by atoms with van der Waals surface area (Å²) >= 11 is 0.